The predicted octanol–water partition coefficient (Wildman–Crippen LogP) is 0.983. The zero-order chi connectivity index (χ0) is 16.5. The van der Waals surface area contributed by atoms with Crippen LogP contribution in [0, 0.1) is 0 Å². The third kappa shape index (κ3) is 4.56. The van der Waals surface area contributed by atoms with Crippen LogP contribution in [-0.4, -0.2) is 71.6 Å². The van der Waals surface area contributed by atoms with Crippen molar-refractivity contribution in [2.75, 3.05) is 42.7 Å². The van der Waals surface area contributed by atoms with Crippen molar-refractivity contribution in [3.05, 3.63) is 0 Å². The average Bonchev–Trinajstić information content (AvgIpc) is 2.55. The highest BCUT2D eigenvalue weighted by atomic mass is 28.4. The molecule has 1 radical (unpaired) electrons. The summed E-state index contributed by atoms with van der Waals surface area (Å²) in [4.78, 5) is 0. The van der Waals surface area contributed by atoms with Gasteiger partial charge in [-0.1, -0.05) is 13.8 Å². The van der Waals surface area contributed by atoms with E-state index < -0.39 is 17.6 Å². The summed E-state index contributed by atoms with van der Waals surface area (Å²) in [6, 6.07) is 0. The van der Waals surface area contributed by atoms with Crippen molar-refractivity contribution in [2.24, 2.45) is 0 Å². The number of hydrogen-bond donors (Lipinski definition) is 0. The lowest BCUT2D eigenvalue weighted by Gasteiger charge is -2.37. The molecule has 0 N–H and O–H groups in total. The standard InChI is InChI=1S/C12H30NO6Si2/c1-9-11(20(14-3,15-4)16-5)13-12(10-2)21(17-6,18-7)19-8/h11-12H,9-10H2,1-8H3. The molecule has 0 rings (SSSR count). The normalized spacial score (nSPS) is 16.0. The van der Waals surface area contributed by atoms with Crippen LogP contribution >= 0.6 is 0 Å². The SMILES string of the molecule is CCC([N]C(CC)[Si](OC)(OC)OC)[Si](OC)(OC)OC. The summed E-state index contributed by atoms with van der Waals surface area (Å²) >= 11 is 0. The van der Waals surface area contributed by atoms with E-state index in [9.17, 15) is 0 Å². The highest BCUT2D eigenvalue weighted by Gasteiger charge is 2.54. The van der Waals surface area contributed by atoms with Crippen LogP contribution in [0.1, 0.15) is 26.7 Å². The van der Waals surface area contributed by atoms with Crippen molar-refractivity contribution in [3.8, 4) is 0 Å². The van der Waals surface area contributed by atoms with E-state index in [0.717, 1.165) is 12.8 Å². The molecule has 0 aliphatic carbocycles. The maximum atomic E-state index is 5.54. The first-order valence-corrected chi connectivity index (χ1v) is 10.6. The Kier molecular flexibility index (Phi) is 10.1. The topological polar surface area (TPSA) is 69.5 Å². The van der Waals surface area contributed by atoms with Gasteiger partial charge in [0.05, 0.1) is 11.3 Å². The molecule has 0 spiro atoms. The van der Waals surface area contributed by atoms with Crippen LogP contribution in [-0.2, 0) is 26.6 Å². The maximum Gasteiger partial charge on any atom is 0.519 e. The molecule has 9 heteroatoms. The molecule has 2 atom stereocenters. The van der Waals surface area contributed by atoms with Gasteiger partial charge >= 0.3 is 17.6 Å². The van der Waals surface area contributed by atoms with Gasteiger partial charge in [0.2, 0.25) is 0 Å². The van der Waals surface area contributed by atoms with Crippen molar-refractivity contribution in [3.63, 3.8) is 0 Å². The first kappa shape index (κ1) is 21.2. The van der Waals surface area contributed by atoms with Crippen LogP contribution < -0.4 is 5.32 Å². The lowest BCUT2D eigenvalue weighted by molar-refractivity contribution is 0.0881. The Bertz CT molecular complexity index is 234. The molecular weight excluding hydrogens is 310 g/mol. The monoisotopic (exact) mass is 340 g/mol. The van der Waals surface area contributed by atoms with Crippen LogP contribution in [0.3, 0.4) is 0 Å². The first-order valence-electron chi connectivity index (χ1n) is 7.00. The summed E-state index contributed by atoms with van der Waals surface area (Å²) in [5.74, 6) is 0. The summed E-state index contributed by atoms with van der Waals surface area (Å²) in [5, 5.41) is 4.86. The smallest absolute Gasteiger partial charge is 0.376 e. The molecule has 0 aliphatic rings. The predicted molar refractivity (Wildman–Crippen MR) is 83.9 cm³/mol. The molecule has 0 heterocycles. The first-order chi connectivity index (χ1) is 9.99. The summed E-state index contributed by atoms with van der Waals surface area (Å²) < 4.78 is 33.3. The van der Waals surface area contributed by atoms with E-state index in [4.69, 9.17) is 31.9 Å². The minimum Gasteiger partial charge on any atom is -0.376 e. The maximum absolute atomic E-state index is 5.54. The van der Waals surface area contributed by atoms with Crippen molar-refractivity contribution < 1.29 is 26.6 Å². The second-order valence-electron chi connectivity index (χ2n) is 4.43. The van der Waals surface area contributed by atoms with Gasteiger partial charge in [0.15, 0.2) is 0 Å². The zero-order valence-corrected chi connectivity index (χ0v) is 16.5. The van der Waals surface area contributed by atoms with Gasteiger partial charge in [-0.3, -0.25) is 0 Å². The molecule has 0 aliphatic heterocycles. The number of nitrogens with zero attached hydrogens (tertiary/aromatic N) is 1. The fraction of sp³-hybridized carbons (Fsp3) is 1.00. The van der Waals surface area contributed by atoms with Gasteiger partial charge in [-0.2, -0.15) is 0 Å². The quantitative estimate of drug-likeness (QED) is 0.493. The fourth-order valence-electron chi connectivity index (χ4n) is 2.43. The molecule has 0 amide bonds. The van der Waals surface area contributed by atoms with Crippen molar-refractivity contribution in [1.29, 1.82) is 0 Å². The van der Waals surface area contributed by atoms with Gasteiger partial charge in [0, 0.05) is 42.7 Å². The lowest BCUT2D eigenvalue weighted by Crippen LogP contribution is -2.65. The van der Waals surface area contributed by atoms with Crippen molar-refractivity contribution >= 4 is 17.6 Å². The minimum absolute atomic E-state index is 0.199. The van der Waals surface area contributed by atoms with E-state index >= 15 is 0 Å². The second kappa shape index (κ2) is 10.0. The van der Waals surface area contributed by atoms with Gasteiger partial charge in [-0.15, -0.1) is 0 Å². The third-order valence-electron chi connectivity index (χ3n) is 3.66. The molecule has 2 unspecified atom stereocenters. The molecule has 0 saturated heterocycles. The minimum atomic E-state index is -2.85. The molecular formula is C12H30NO6Si2. The molecule has 127 valence electrons. The average molecular weight is 341 g/mol. The van der Waals surface area contributed by atoms with E-state index in [2.05, 4.69) is 0 Å². The number of hydrogen-bond acceptors (Lipinski definition) is 6. The van der Waals surface area contributed by atoms with Crippen LogP contribution in [0.4, 0.5) is 0 Å². The molecule has 0 aromatic heterocycles. The van der Waals surface area contributed by atoms with E-state index in [1.54, 1.807) is 42.7 Å². The van der Waals surface area contributed by atoms with E-state index in [1.165, 1.54) is 0 Å². The van der Waals surface area contributed by atoms with Crippen molar-refractivity contribution in [2.45, 2.75) is 38.0 Å². The highest BCUT2D eigenvalue weighted by molar-refractivity contribution is 6.64. The second-order valence-corrected chi connectivity index (χ2v) is 10.6. The molecule has 0 aromatic carbocycles. The van der Waals surface area contributed by atoms with Crippen molar-refractivity contribution in [1.82, 2.24) is 5.32 Å². The Morgan fingerprint density at radius 1 is 0.619 bits per heavy atom. The van der Waals surface area contributed by atoms with Crippen LogP contribution in [0.2, 0.25) is 0 Å². The summed E-state index contributed by atoms with van der Waals surface area (Å²) in [6.07, 6.45) is 1.47. The van der Waals surface area contributed by atoms with E-state index in [1.807, 2.05) is 13.8 Å². The lowest BCUT2D eigenvalue weighted by atomic mass is 10.4. The highest BCUT2D eigenvalue weighted by Crippen LogP contribution is 2.22. The molecule has 7 nitrogen and oxygen atoms in total. The van der Waals surface area contributed by atoms with E-state index in [-0.39, 0.29) is 11.3 Å². The summed E-state index contributed by atoms with van der Waals surface area (Å²) in [6.45, 7) is 4.05. The Hall–Kier alpha value is 0.154. The van der Waals surface area contributed by atoms with Crippen LogP contribution in [0.5, 0.6) is 0 Å². The van der Waals surface area contributed by atoms with Gasteiger partial charge in [0.1, 0.15) is 0 Å². The van der Waals surface area contributed by atoms with Gasteiger partial charge in [-0.25, -0.2) is 5.32 Å². The molecule has 21 heavy (non-hydrogen) atoms. The summed E-state index contributed by atoms with van der Waals surface area (Å²) in [7, 11) is 3.83. The van der Waals surface area contributed by atoms with Gasteiger partial charge < -0.3 is 26.6 Å². The van der Waals surface area contributed by atoms with Gasteiger partial charge in [0.25, 0.3) is 0 Å². The molecule has 0 fully saturated rings. The Morgan fingerprint density at radius 3 is 1.00 bits per heavy atom. The van der Waals surface area contributed by atoms with Gasteiger partial charge in [-0.05, 0) is 12.8 Å². The Balaban J connectivity index is 5.32. The molecule has 0 bridgehead atoms. The third-order valence-corrected chi connectivity index (χ3v) is 9.82. The number of rotatable bonds is 12. The molecule has 0 aromatic rings. The van der Waals surface area contributed by atoms with Crippen LogP contribution in [0.15, 0.2) is 0 Å². The Labute approximate surface area is 130 Å². The fourth-order valence-corrected chi connectivity index (χ4v) is 6.93. The Morgan fingerprint density at radius 2 is 0.857 bits per heavy atom. The molecule has 0 saturated carbocycles. The van der Waals surface area contributed by atoms with Crippen LogP contribution in [0.25, 0.3) is 0 Å². The zero-order valence-electron chi connectivity index (χ0n) is 14.5. The largest absolute Gasteiger partial charge is 0.519 e. The van der Waals surface area contributed by atoms with E-state index in [0.29, 0.717) is 0 Å². The summed E-state index contributed by atoms with van der Waals surface area (Å²) in [5.41, 5.74) is -0.399.